The molecule has 0 bridgehead atoms. The number of nitriles is 1. The van der Waals surface area contributed by atoms with Crippen LogP contribution in [0.4, 0.5) is 22.0 Å². The maximum absolute atomic E-state index is 13.0. The van der Waals surface area contributed by atoms with Crippen LogP contribution < -0.4 is 11.1 Å². The normalized spacial score (nSPS) is 10.6. The maximum Gasteiger partial charge on any atom is 0.232 e. The average Bonchev–Trinajstić information content (AvgIpc) is 2.63. The van der Waals surface area contributed by atoms with Gasteiger partial charge in [0.15, 0.2) is 0 Å². The number of anilines is 3. The summed E-state index contributed by atoms with van der Waals surface area (Å²) in [5, 5.41) is 12.0. The van der Waals surface area contributed by atoms with Gasteiger partial charge < -0.3 is 11.1 Å². The Morgan fingerprint density at radius 3 is 2.63 bits per heavy atom. The van der Waals surface area contributed by atoms with Crippen LogP contribution in [-0.4, -0.2) is 26.9 Å². The molecule has 3 rings (SSSR count). The number of nitrogens with one attached hydrogen (secondary N) is 1. The number of nitrogen functional groups attached to an aromatic ring is 1. The molecule has 3 N–H and O–H groups in total. The summed E-state index contributed by atoms with van der Waals surface area (Å²) in [7, 11) is 1.92. The van der Waals surface area contributed by atoms with E-state index in [2.05, 4.69) is 26.3 Å². The molecule has 0 saturated heterocycles. The number of hydrogen-bond acceptors (Lipinski definition) is 7. The second-order valence-corrected chi connectivity index (χ2v) is 6.05. The molecular weight excluding hydrogens is 345 g/mol. The summed E-state index contributed by atoms with van der Waals surface area (Å²) in [6.07, 6.45) is 0. The average molecular weight is 363 g/mol. The molecule has 0 unspecified atom stereocenters. The van der Waals surface area contributed by atoms with Crippen molar-refractivity contribution in [3.8, 4) is 6.07 Å². The van der Waals surface area contributed by atoms with Gasteiger partial charge in [0.2, 0.25) is 11.9 Å². The van der Waals surface area contributed by atoms with Crippen LogP contribution in [0.1, 0.15) is 17.0 Å². The third kappa shape index (κ3) is 5.20. The highest BCUT2D eigenvalue weighted by molar-refractivity contribution is 5.53. The van der Waals surface area contributed by atoms with Crippen LogP contribution >= 0.6 is 0 Å². The van der Waals surface area contributed by atoms with Crippen molar-refractivity contribution in [2.24, 2.45) is 0 Å². The van der Waals surface area contributed by atoms with E-state index < -0.39 is 0 Å². The van der Waals surface area contributed by atoms with Gasteiger partial charge in [-0.25, -0.2) is 4.39 Å². The molecule has 0 amide bonds. The van der Waals surface area contributed by atoms with Crippen LogP contribution in [0.5, 0.6) is 0 Å². The van der Waals surface area contributed by atoms with E-state index in [-0.39, 0.29) is 11.8 Å². The molecule has 0 aliphatic carbocycles. The van der Waals surface area contributed by atoms with Crippen LogP contribution in [-0.2, 0) is 13.1 Å². The van der Waals surface area contributed by atoms with E-state index in [9.17, 15) is 4.39 Å². The molecule has 3 aromatic rings. The number of aromatic nitrogens is 3. The summed E-state index contributed by atoms with van der Waals surface area (Å²) in [6, 6.07) is 15.4. The quantitative estimate of drug-likeness (QED) is 0.694. The third-order valence-corrected chi connectivity index (χ3v) is 3.72. The Hall–Kier alpha value is -3.57. The standard InChI is InChI=1S/C19H18FN7/c1-27(11-14-4-2-3-13(9-14)10-21)12-17-24-18(22)26-19(25-17)23-16-7-5-15(20)6-8-16/h2-9H,11-12H2,1H3,(H3,22,23,24,25,26). The molecule has 0 atom stereocenters. The molecular formula is C19H18FN7. The van der Waals surface area contributed by atoms with Crippen molar-refractivity contribution >= 4 is 17.6 Å². The highest BCUT2D eigenvalue weighted by Gasteiger charge is 2.09. The first kappa shape index (κ1) is 18.2. The zero-order chi connectivity index (χ0) is 19.2. The highest BCUT2D eigenvalue weighted by atomic mass is 19.1. The lowest BCUT2D eigenvalue weighted by Crippen LogP contribution is -2.20. The molecule has 0 fully saturated rings. The summed E-state index contributed by atoms with van der Waals surface area (Å²) in [4.78, 5) is 14.6. The molecule has 1 aromatic heterocycles. The third-order valence-electron chi connectivity index (χ3n) is 3.72. The summed E-state index contributed by atoms with van der Waals surface area (Å²) in [5.74, 6) is 0.581. The van der Waals surface area contributed by atoms with Gasteiger partial charge in [0.1, 0.15) is 11.6 Å². The lowest BCUT2D eigenvalue weighted by Gasteiger charge is -2.16. The number of benzene rings is 2. The molecule has 8 heteroatoms. The lowest BCUT2D eigenvalue weighted by molar-refractivity contribution is 0.310. The fraction of sp³-hybridized carbons (Fsp3) is 0.158. The number of rotatable bonds is 6. The first-order valence-electron chi connectivity index (χ1n) is 8.22. The van der Waals surface area contributed by atoms with Gasteiger partial charge in [-0.2, -0.15) is 20.2 Å². The molecule has 0 saturated carbocycles. The van der Waals surface area contributed by atoms with Crippen LogP contribution in [0.2, 0.25) is 0 Å². The Bertz CT molecular complexity index is 967. The Morgan fingerprint density at radius 1 is 1.11 bits per heavy atom. The second-order valence-electron chi connectivity index (χ2n) is 6.05. The topological polar surface area (TPSA) is 104 Å². The molecule has 1 heterocycles. The van der Waals surface area contributed by atoms with Crippen molar-refractivity contribution in [1.29, 1.82) is 5.26 Å². The SMILES string of the molecule is CN(Cc1cccc(C#N)c1)Cc1nc(N)nc(Nc2ccc(F)cc2)n1. The van der Waals surface area contributed by atoms with Gasteiger partial charge in [0.05, 0.1) is 18.2 Å². The van der Waals surface area contributed by atoms with Crippen molar-refractivity contribution in [3.63, 3.8) is 0 Å². The smallest absolute Gasteiger partial charge is 0.232 e. The number of hydrogen-bond donors (Lipinski definition) is 2. The van der Waals surface area contributed by atoms with Crippen LogP contribution in [0.25, 0.3) is 0 Å². The Labute approximate surface area is 156 Å². The van der Waals surface area contributed by atoms with Crippen molar-refractivity contribution < 1.29 is 4.39 Å². The number of nitrogens with two attached hydrogens (primary N) is 1. The molecule has 0 aliphatic rings. The van der Waals surface area contributed by atoms with Gasteiger partial charge in [0.25, 0.3) is 0 Å². The lowest BCUT2D eigenvalue weighted by atomic mass is 10.1. The van der Waals surface area contributed by atoms with E-state index in [0.29, 0.717) is 36.1 Å². The second kappa shape index (κ2) is 8.21. The first-order chi connectivity index (χ1) is 13.0. The summed E-state index contributed by atoms with van der Waals surface area (Å²) >= 11 is 0. The van der Waals surface area contributed by atoms with Crippen LogP contribution in [0.15, 0.2) is 48.5 Å². The van der Waals surface area contributed by atoms with E-state index in [4.69, 9.17) is 11.0 Å². The molecule has 0 spiro atoms. The molecule has 136 valence electrons. The number of nitrogens with zero attached hydrogens (tertiary/aromatic N) is 5. The molecule has 0 aliphatic heterocycles. The first-order valence-corrected chi connectivity index (χ1v) is 8.22. The minimum absolute atomic E-state index is 0.101. The van der Waals surface area contributed by atoms with Gasteiger partial charge in [0, 0.05) is 12.2 Å². The Balaban J connectivity index is 1.69. The van der Waals surface area contributed by atoms with E-state index >= 15 is 0 Å². The molecule has 27 heavy (non-hydrogen) atoms. The van der Waals surface area contributed by atoms with E-state index in [1.807, 2.05) is 30.1 Å². The monoisotopic (exact) mass is 363 g/mol. The van der Waals surface area contributed by atoms with Gasteiger partial charge in [-0.05, 0) is 49.0 Å². The van der Waals surface area contributed by atoms with Crippen molar-refractivity contribution in [1.82, 2.24) is 19.9 Å². The summed E-state index contributed by atoms with van der Waals surface area (Å²) in [5.41, 5.74) is 8.07. The Kier molecular flexibility index (Phi) is 5.54. The van der Waals surface area contributed by atoms with Gasteiger partial charge in [-0.3, -0.25) is 4.90 Å². The number of halogens is 1. The van der Waals surface area contributed by atoms with Crippen molar-refractivity contribution in [2.45, 2.75) is 13.1 Å². The summed E-state index contributed by atoms with van der Waals surface area (Å²) < 4.78 is 13.0. The fourth-order valence-corrected chi connectivity index (χ4v) is 2.58. The van der Waals surface area contributed by atoms with Crippen molar-refractivity contribution in [2.75, 3.05) is 18.1 Å². The van der Waals surface area contributed by atoms with Gasteiger partial charge in [-0.1, -0.05) is 12.1 Å². The van der Waals surface area contributed by atoms with Gasteiger partial charge >= 0.3 is 0 Å². The zero-order valence-corrected chi connectivity index (χ0v) is 14.7. The minimum Gasteiger partial charge on any atom is -0.368 e. The predicted octanol–water partition coefficient (Wildman–Crippen LogP) is 2.84. The minimum atomic E-state index is -0.321. The van der Waals surface area contributed by atoms with Crippen LogP contribution in [0, 0.1) is 17.1 Å². The molecule has 0 radical (unpaired) electrons. The van der Waals surface area contributed by atoms with E-state index in [1.165, 1.54) is 12.1 Å². The van der Waals surface area contributed by atoms with E-state index in [1.54, 1.807) is 18.2 Å². The summed E-state index contributed by atoms with van der Waals surface area (Å²) in [6.45, 7) is 1.07. The zero-order valence-electron chi connectivity index (χ0n) is 14.7. The van der Waals surface area contributed by atoms with Gasteiger partial charge in [-0.15, -0.1) is 0 Å². The Morgan fingerprint density at radius 2 is 1.89 bits per heavy atom. The molecule has 7 nitrogen and oxygen atoms in total. The maximum atomic E-state index is 13.0. The van der Waals surface area contributed by atoms with E-state index in [0.717, 1.165) is 5.56 Å². The predicted molar refractivity (Wildman–Crippen MR) is 100 cm³/mol. The van der Waals surface area contributed by atoms with Crippen LogP contribution in [0.3, 0.4) is 0 Å². The molecule has 2 aromatic carbocycles. The van der Waals surface area contributed by atoms with Crippen molar-refractivity contribution in [3.05, 3.63) is 71.3 Å². The fourth-order valence-electron chi connectivity index (χ4n) is 2.58. The highest BCUT2D eigenvalue weighted by Crippen LogP contribution is 2.15. The largest absolute Gasteiger partial charge is 0.368 e.